The first-order chi connectivity index (χ1) is 14.5. The van der Waals surface area contributed by atoms with Crippen molar-refractivity contribution in [2.24, 2.45) is 0 Å². The van der Waals surface area contributed by atoms with Crippen LogP contribution in [0.3, 0.4) is 0 Å². The largest absolute Gasteiger partial charge is 0.490 e. The number of aryl methyl sites for hydroxylation is 1. The summed E-state index contributed by atoms with van der Waals surface area (Å²) in [6.07, 6.45) is 1.99. The summed E-state index contributed by atoms with van der Waals surface area (Å²) in [5.41, 5.74) is 2.24. The summed E-state index contributed by atoms with van der Waals surface area (Å²) in [5.74, 6) is 1.02. The van der Waals surface area contributed by atoms with Gasteiger partial charge in [0.2, 0.25) is 0 Å². The minimum atomic E-state index is -0.244. The first-order valence-electron chi connectivity index (χ1n) is 9.94. The number of benzene rings is 2. The van der Waals surface area contributed by atoms with E-state index in [1.165, 1.54) is 0 Å². The monoisotopic (exact) mass is 407 g/mol. The molecule has 3 aromatic rings. The van der Waals surface area contributed by atoms with Gasteiger partial charge < -0.3 is 14.2 Å². The third kappa shape index (κ3) is 5.09. The maximum absolute atomic E-state index is 11.6. The molecular weight excluding hydrogens is 382 g/mol. The predicted molar refractivity (Wildman–Crippen MR) is 112 cm³/mol. The van der Waals surface area contributed by atoms with Crippen molar-refractivity contribution in [1.29, 1.82) is 5.26 Å². The van der Waals surface area contributed by atoms with Gasteiger partial charge in [0.05, 0.1) is 48.3 Å². The molecule has 1 heterocycles. The molecule has 0 aliphatic carbocycles. The Morgan fingerprint density at radius 3 is 2.80 bits per heavy atom. The molecular formula is C23H25N3O4. The van der Waals surface area contributed by atoms with Gasteiger partial charge in [-0.1, -0.05) is 12.1 Å². The van der Waals surface area contributed by atoms with Crippen LogP contribution in [0, 0.1) is 11.3 Å². The lowest BCUT2D eigenvalue weighted by molar-refractivity contribution is -0.143. The molecule has 0 N–H and O–H groups in total. The highest BCUT2D eigenvalue weighted by molar-refractivity contribution is 5.85. The van der Waals surface area contributed by atoms with Crippen molar-refractivity contribution in [3.05, 3.63) is 53.7 Å². The van der Waals surface area contributed by atoms with Gasteiger partial charge in [0, 0.05) is 0 Å². The van der Waals surface area contributed by atoms with Crippen molar-refractivity contribution < 1.29 is 19.0 Å². The fourth-order valence-electron chi connectivity index (χ4n) is 3.08. The molecule has 0 fully saturated rings. The van der Waals surface area contributed by atoms with Crippen LogP contribution in [-0.4, -0.2) is 28.5 Å². The second-order valence-electron chi connectivity index (χ2n) is 7.01. The highest BCUT2D eigenvalue weighted by Gasteiger charge is 2.11. The highest BCUT2D eigenvalue weighted by atomic mass is 16.5. The molecule has 30 heavy (non-hydrogen) atoms. The standard InChI is InChI=1S/C23H25N3O4/c1-4-28-23(27)10-11-26-20-6-5-7-22(19(20)14-25-26)29-15-17-8-9-21(30-16(2)3)18(12-17)13-24/h5-9,12,14,16H,4,10-11,15H2,1-3H3. The van der Waals surface area contributed by atoms with Crippen LogP contribution in [-0.2, 0) is 22.7 Å². The van der Waals surface area contributed by atoms with E-state index in [1.54, 1.807) is 29.9 Å². The first kappa shape index (κ1) is 21.2. The lowest BCUT2D eigenvalue weighted by Gasteiger charge is -2.13. The number of nitriles is 1. The van der Waals surface area contributed by atoms with E-state index in [-0.39, 0.29) is 18.5 Å². The molecule has 0 aliphatic rings. The Morgan fingerprint density at radius 2 is 2.07 bits per heavy atom. The first-order valence-corrected chi connectivity index (χ1v) is 9.94. The number of rotatable bonds is 9. The van der Waals surface area contributed by atoms with Gasteiger partial charge in [-0.05, 0) is 50.6 Å². The smallest absolute Gasteiger partial charge is 0.307 e. The lowest BCUT2D eigenvalue weighted by Crippen LogP contribution is -2.09. The van der Waals surface area contributed by atoms with Crippen LogP contribution >= 0.6 is 0 Å². The molecule has 0 saturated heterocycles. The molecule has 0 aliphatic heterocycles. The normalized spacial score (nSPS) is 10.8. The molecule has 0 bridgehead atoms. The van der Waals surface area contributed by atoms with E-state index in [1.807, 2.05) is 38.1 Å². The van der Waals surface area contributed by atoms with Gasteiger partial charge in [-0.25, -0.2) is 0 Å². The Hall–Kier alpha value is -3.53. The summed E-state index contributed by atoms with van der Waals surface area (Å²) < 4.78 is 18.4. The minimum Gasteiger partial charge on any atom is -0.490 e. The summed E-state index contributed by atoms with van der Waals surface area (Å²) in [6.45, 7) is 6.75. The van der Waals surface area contributed by atoms with Crippen molar-refractivity contribution in [3.63, 3.8) is 0 Å². The number of ether oxygens (including phenoxy) is 3. The van der Waals surface area contributed by atoms with Gasteiger partial charge in [-0.3, -0.25) is 9.48 Å². The Kier molecular flexibility index (Phi) is 6.91. The molecule has 156 valence electrons. The van der Waals surface area contributed by atoms with E-state index < -0.39 is 0 Å². The molecule has 2 aromatic carbocycles. The summed E-state index contributed by atoms with van der Waals surface area (Å²) in [7, 11) is 0. The predicted octanol–water partition coefficient (Wildman–Crippen LogP) is 4.23. The summed E-state index contributed by atoms with van der Waals surface area (Å²) in [6, 6.07) is 13.3. The average Bonchev–Trinajstić information content (AvgIpc) is 3.15. The van der Waals surface area contributed by atoms with Gasteiger partial charge >= 0.3 is 5.97 Å². The van der Waals surface area contributed by atoms with Gasteiger partial charge in [-0.2, -0.15) is 10.4 Å². The Bertz CT molecular complexity index is 1070. The fraction of sp³-hybridized carbons (Fsp3) is 0.348. The van der Waals surface area contributed by atoms with Gasteiger partial charge in [0.1, 0.15) is 24.2 Å². The van der Waals surface area contributed by atoms with E-state index in [0.717, 1.165) is 16.5 Å². The van der Waals surface area contributed by atoms with Crippen LogP contribution in [0.4, 0.5) is 0 Å². The molecule has 0 radical (unpaired) electrons. The van der Waals surface area contributed by atoms with Crippen LogP contribution in [0.25, 0.3) is 10.9 Å². The summed E-state index contributed by atoms with van der Waals surface area (Å²) in [5, 5.41) is 14.6. The second-order valence-corrected chi connectivity index (χ2v) is 7.01. The molecule has 0 saturated carbocycles. The van der Waals surface area contributed by atoms with Gasteiger partial charge in [0.25, 0.3) is 0 Å². The zero-order valence-corrected chi connectivity index (χ0v) is 17.4. The maximum atomic E-state index is 11.6. The molecule has 1 aromatic heterocycles. The fourth-order valence-corrected chi connectivity index (χ4v) is 3.08. The molecule has 0 amide bonds. The third-order valence-electron chi connectivity index (χ3n) is 4.40. The maximum Gasteiger partial charge on any atom is 0.307 e. The molecule has 7 nitrogen and oxygen atoms in total. The van der Waals surface area contributed by atoms with E-state index in [9.17, 15) is 10.1 Å². The Labute approximate surface area is 175 Å². The van der Waals surface area contributed by atoms with Crippen LogP contribution < -0.4 is 9.47 Å². The number of hydrogen-bond donors (Lipinski definition) is 0. The number of fused-ring (bicyclic) bond motifs is 1. The number of carbonyl (C=O) groups excluding carboxylic acids is 1. The van der Waals surface area contributed by atoms with E-state index in [0.29, 0.717) is 36.8 Å². The number of nitrogens with zero attached hydrogens (tertiary/aromatic N) is 3. The summed E-state index contributed by atoms with van der Waals surface area (Å²) >= 11 is 0. The molecule has 0 atom stereocenters. The summed E-state index contributed by atoms with van der Waals surface area (Å²) in [4.78, 5) is 11.6. The molecule has 3 rings (SSSR count). The number of aromatic nitrogens is 2. The highest BCUT2D eigenvalue weighted by Crippen LogP contribution is 2.27. The van der Waals surface area contributed by atoms with E-state index >= 15 is 0 Å². The van der Waals surface area contributed by atoms with Crippen LogP contribution in [0.15, 0.2) is 42.6 Å². The zero-order valence-electron chi connectivity index (χ0n) is 17.4. The Balaban J connectivity index is 1.72. The van der Waals surface area contributed by atoms with Crippen LogP contribution in [0.1, 0.15) is 38.3 Å². The number of carbonyl (C=O) groups is 1. The van der Waals surface area contributed by atoms with Crippen LogP contribution in [0.2, 0.25) is 0 Å². The number of hydrogen-bond acceptors (Lipinski definition) is 6. The second kappa shape index (κ2) is 9.79. The lowest BCUT2D eigenvalue weighted by atomic mass is 10.1. The Morgan fingerprint density at radius 1 is 1.23 bits per heavy atom. The van der Waals surface area contributed by atoms with Gasteiger partial charge in [-0.15, -0.1) is 0 Å². The topological polar surface area (TPSA) is 86.4 Å². The van der Waals surface area contributed by atoms with Gasteiger partial charge in [0.15, 0.2) is 0 Å². The van der Waals surface area contributed by atoms with Crippen molar-refractivity contribution >= 4 is 16.9 Å². The van der Waals surface area contributed by atoms with Crippen LogP contribution in [0.5, 0.6) is 11.5 Å². The van der Waals surface area contributed by atoms with E-state index in [4.69, 9.17) is 14.2 Å². The SMILES string of the molecule is CCOC(=O)CCn1ncc2c(OCc3ccc(OC(C)C)c(C#N)c3)cccc21. The molecule has 0 spiro atoms. The van der Waals surface area contributed by atoms with Crippen molar-refractivity contribution in [1.82, 2.24) is 9.78 Å². The van der Waals surface area contributed by atoms with Crippen molar-refractivity contribution in [2.45, 2.75) is 46.4 Å². The third-order valence-corrected chi connectivity index (χ3v) is 4.40. The van der Waals surface area contributed by atoms with Crippen molar-refractivity contribution in [3.8, 4) is 17.6 Å². The molecule has 7 heteroatoms. The van der Waals surface area contributed by atoms with E-state index in [2.05, 4.69) is 11.2 Å². The van der Waals surface area contributed by atoms with Crippen molar-refractivity contribution in [2.75, 3.05) is 6.61 Å². The quantitative estimate of drug-likeness (QED) is 0.494. The molecule has 0 unspecified atom stereocenters. The minimum absolute atomic E-state index is 0.00262. The average molecular weight is 407 g/mol. The zero-order chi connectivity index (χ0) is 21.5. The number of esters is 1.